The second-order valence-electron chi connectivity index (χ2n) is 6.36. The first kappa shape index (κ1) is 17.8. The number of rotatable bonds is 7. The van der Waals surface area contributed by atoms with Crippen molar-refractivity contribution in [3.63, 3.8) is 0 Å². The van der Waals surface area contributed by atoms with Crippen LogP contribution in [0.5, 0.6) is 0 Å². The fourth-order valence-corrected chi connectivity index (χ4v) is 3.03. The van der Waals surface area contributed by atoms with E-state index in [2.05, 4.69) is 15.0 Å². The summed E-state index contributed by atoms with van der Waals surface area (Å²) >= 11 is 0. The van der Waals surface area contributed by atoms with Gasteiger partial charge in [-0.25, -0.2) is 9.78 Å². The Balaban J connectivity index is 1.95. The van der Waals surface area contributed by atoms with Gasteiger partial charge in [0.15, 0.2) is 11.5 Å². The van der Waals surface area contributed by atoms with E-state index in [1.54, 1.807) is 0 Å². The zero-order valence-corrected chi connectivity index (χ0v) is 14.5. The van der Waals surface area contributed by atoms with E-state index in [1.807, 2.05) is 29.7 Å². The van der Waals surface area contributed by atoms with Crippen molar-refractivity contribution < 1.29 is 9.90 Å². The summed E-state index contributed by atoms with van der Waals surface area (Å²) in [4.78, 5) is 44.8. The Morgan fingerprint density at radius 3 is 2.69 bits per heavy atom. The summed E-state index contributed by atoms with van der Waals surface area (Å²) in [7, 11) is 0. The molecule has 1 aromatic rings. The molecule has 2 heterocycles. The Morgan fingerprint density at radius 2 is 1.92 bits per heavy atom. The van der Waals surface area contributed by atoms with Gasteiger partial charge in [-0.15, -0.1) is 0 Å². The number of aromatic nitrogens is 4. The minimum Gasteiger partial charge on any atom is -0.481 e. The molecule has 1 aromatic carbocycles. The molecule has 2 N–H and O–H groups in total. The van der Waals surface area contributed by atoms with Crippen LogP contribution in [0.1, 0.15) is 37.7 Å². The molecule has 8 heteroatoms. The Morgan fingerprint density at radius 1 is 1.15 bits per heavy atom. The summed E-state index contributed by atoms with van der Waals surface area (Å²) in [6, 6.07) is 5.72. The van der Waals surface area contributed by atoms with Gasteiger partial charge in [-0.05, 0) is 37.5 Å². The smallest absolute Gasteiger partial charge is 0.349 e. The van der Waals surface area contributed by atoms with Crippen LogP contribution in [0.2, 0.25) is 0 Å². The summed E-state index contributed by atoms with van der Waals surface area (Å²) in [6.45, 7) is 2.53. The number of aliphatic carboxylic acids is 1. The first-order valence-corrected chi connectivity index (χ1v) is 8.59. The fraction of sp³-hybridized carbons (Fsp3) is 0.389. The highest BCUT2D eigenvalue weighted by molar-refractivity contribution is 5.80. The predicted molar refractivity (Wildman–Crippen MR) is 96.5 cm³/mol. The number of H-pyrrole nitrogens is 1. The summed E-state index contributed by atoms with van der Waals surface area (Å²) in [6.07, 6.45) is 3.26. The molecule has 0 bridgehead atoms. The van der Waals surface area contributed by atoms with Crippen LogP contribution in [0, 0.1) is 6.92 Å². The lowest BCUT2D eigenvalue weighted by atomic mass is 10.1. The van der Waals surface area contributed by atoms with Crippen LogP contribution in [0.15, 0.2) is 27.8 Å². The number of aryl methyl sites for hydroxylation is 2. The van der Waals surface area contributed by atoms with Crippen molar-refractivity contribution in [3.8, 4) is 11.5 Å². The lowest BCUT2D eigenvalue weighted by Crippen LogP contribution is -2.29. The maximum Gasteiger partial charge on any atom is 0.349 e. The third-order valence-corrected chi connectivity index (χ3v) is 4.29. The topological polar surface area (TPSA) is 118 Å². The number of carboxylic acids is 1. The molecule has 0 aromatic heterocycles. The monoisotopic (exact) mass is 356 g/mol. The maximum absolute atomic E-state index is 12.1. The van der Waals surface area contributed by atoms with Crippen LogP contribution in [0.3, 0.4) is 0 Å². The lowest BCUT2D eigenvalue weighted by Gasteiger charge is -2.17. The number of carbonyl (C=O) groups is 1. The molecule has 0 atom stereocenters. The van der Waals surface area contributed by atoms with Gasteiger partial charge in [-0.3, -0.25) is 14.6 Å². The average molecular weight is 356 g/mol. The number of hydrogen-bond acceptors (Lipinski definition) is 5. The molecule has 0 amide bonds. The van der Waals surface area contributed by atoms with Crippen LogP contribution in [0.4, 0.5) is 0 Å². The highest BCUT2D eigenvalue weighted by Crippen LogP contribution is 2.22. The minimum absolute atomic E-state index is 0.145. The van der Waals surface area contributed by atoms with Gasteiger partial charge < -0.3 is 9.67 Å². The third kappa shape index (κ3) is 3.79. The van der Waals surface area contributed by atoms with E-state index in [1.165, 1.54) is 0 Å². The molecule has 2 aliphatic heterocycles. The van der Waals surface area contributed by atoms with Crippen molar-refractivity contribution in [2.45, 2.75) is 45.6 Å². The molecular formula is C18H20N4O4. The van der Waals surface area contributed by atoms with E-state index < -0.39 is 17.2 Å². The number of fused-ring (bicyclic) bond motifs is 2. The fourth-order valence-electron chi connectivity index (χ4n) is 3.03. The largest absolute Gasteiger partial charge is 0.481 e. The van der Waals surface area contributed by atoms with E-state index in [0.717, 1.165) is 30.3 Å². The van der Waals surface area contributed by atoms with E-state index in [4.69, 9.17) is 5.11 Å². The minimum atomic E-state index is -0.785. The number of hydrogen-bond donors (Lipinski definition) is 2. The first-order valence-electron chi connectivity index (χ1n) is 8.59. The van der Waals surface area contributed by atoms with Crippen LogP contribution in [-0.4, -0.2) is 30.6 Å². The SMILES string of the molecule is Cc1ccc2nc3c(=O)[nH]c(=O)nc-3n(CCCCCCC(=O)O)c2c1. The van der Waals surface area contributed by atoms with Gasteiger partial charge in [-0.2, -0.15) is 4.98 Å². The van der Waals surface area contributed by atoms with Crippen LogP contribution in [-0.2, 0) is 11.3 Å². The van der Waals surface area contributed by atoms with Crippen LogP contribution < -0.4 is 11.2 Å². The molecule has 136 valence electrons. The Labute approximate surface area is 148 Å². The van der Waals surface area contributed by atoms with Gasteiger partial charge in [0.1, 0.15) is 0 Å². The Kier molecular flexibility index (Phi) is 5.11. The van der Waals surface area contributed by atoms with E-state index in [0.29, 0.717) is 18.5 Å². The van der Waals surface area contributed by atoms with Crippen molar-refractivity contribution in [1.82, 2.24) is 19.5 Å². The van der Waals surface area contributed by atoms with Crippen molar-refractivity contribution in [1.29, 1.82) is 0 Å². The Hall–Kier alpha value is -3.03. The van der Waals surface area contributed by atoms with Gasteiger partial charge in [0.2, 0.25) is 0 Å². The second-order valence-corrected chi connectivity index (χ2v) is 6.36. The highest BCUT2D eigenvalue weighted by atomic mass is 16.4. The molecule has 8 nitrogen and oxygen atoms in total. The molecule has 26 heavy (non-hydrogen) atoms. The summed E-state index contributed by atoms with van der Waals surface area (Å²) in [5.41, 5.74) is 1.44. The standard InChI is InChI=1S/C18H20N4O4/c1-11-7-8-12-13(10-11)22(9-5-3-2-4-6-14(23)24)16-15(19-12)17(25)21-18(26)20-16/h7-8,10H,2-6,9H2,1H3,(H,23,24)(H,21,25,26). The lowest BCUT2D eigenvalue weighted by molar-refractivity contribution is -0.137. The quantitative estimate of drug-likeness (QED) is 0.493. The van der Waals surface area contributed by atoms with Crippen LogP contribution in [0.25, 0.3) is 22.6 Å². The molecule has 2 aliphatic rings. The van der Waals surface area contributed by atoms with Crippen molar-refractivity contribution in [2.75, 3.05) is 0 Å². The zero-order chi connectivity index (χ0) is 18.7. The van der Waals surface area contributed by atoms with Crippen molar-refractivity contribution in [2.24, 2.45) is 0 Å². The Bertz CT molecular complexity index is 1040. The summed E-state index contributed by atoms with van der Waals surface area (Å²) in [5, 5.41) is 8.68. The van der Waals surface area contributed by atoms with Crippen molar-refractivity contribution >= 4 is 17.0 Å². The summed E-state index contributed by atoms with van der Waals surface area (Å²) < 4.78 is 1.86. The predicted octanol–water partition coefficient (Wildman–Crippen LogP) is 1.93. The van der Waals surface area contributed by atoms with Gasteiger partial charge in [0.25, 0.3) is 5.56 Å². The number of benzene rings is 1. The maximum atomic E-state index is 12.1. The molecule has 3 rings (SSSR count). The third-order valence-electron chi connectivity index (χ3n) is 4.29. The molecule has 0 saturated carbocycles. The molecule has 0 aliphatic carbocycles. The molecule has 0 saturated heterocycles. The second kappa shape index (κ2) is 7.47. The van der Waals surface area contributed by atoms with Crippen molar-refractivity contribution in [3.05, 3.63) is 44.6 Å². The molecule has 0 unspecified atom stereocenters. The number of nitrogens with one attached hydrogen (secondary N) is 1. The number of aromatic amines is 1. The number of nitrogens with zero attached hydrogens (tertiary/aromatic N) is 3. The normalized spacial score (nSPS) is 11.3. The van der Waals surface area contributed by atoms with Crippen LogP contribution >= 0.6 is 0 Å². The highest BCUT2D eigenvalue weighted by Gasteiger charge is 2.18. The molecule has 0 fully saturated rings. The van der Waals surface area contributed by atoms with Gasteiger partial charge >= 0.3 is 11.7 Å². The first-order chi connectivity index (χ1) is 12.5. The summed E-state index contributed by atoms with van der Waals surface area (Å²) in [5.74, 6) is -0.505. The molecule has 0 spiro atoms. The number of carboxylic acid groups (broad SMARTS) is 1. The number of unbranched alkanes of at least 4 members (excludes halogenated alkanes) is 3. The average Bonchev–Trinajstić information content (AvgIpc) is 2.57. The van der Waals surface area contributed by atoms with E-state index in [-0.39, 0.29) is 17.9 Å². The van der Waals surface area contributed by atoms with Gasteiger partial charge in [0, 0.05) is 13.0 Å². The zero-order valence-electron chi connectivity index (χ0n) is 14.5. The van der Waals surface area contributed by atoms with E-state index in [9.17, 15) is 14.4 Å². The van der Waals surface area contributed by atoms with Gasteiger partial charge in [-0.1, -0.05) is 18.9 Å². The van der Waals surface area contributed by atoms with E-state index >= 15 is 0 Å². The molecular weight excluding hydrogens is 336 g/mol. The van der Waals surface area contributed by atoms with Gasteiger partial charge in [0.05, 0.1) is 11.0 Å². The molecule has 0 radical (unpaired) electrons.